The van der Waals surface area contributed by atoms with Gasteiger partial charge in [-0.2, -0.15) is 5.26 Å². The summed E-state index contributed by atoms with van der Waals surface area (Å²) >= 11 is 0. The lowest BCUT2D eigenvalue weighted by Gasteiger charge is -2.41. The molecule has 0 aliphatic carbocycles. The second-order valence-corrected chi connectivity index (χ2v) is 13.0. The highest BCUT2D eigenvalue weighted by molar-refractivity contribution is 5.96. The largest absolute Gasteiger partial charge is 0.458 e. The van der Waals surface area contributed by atoms with Crippen molar-refractivity contribution < 1.29 is 23.5 Å². The number of amides is 1. The summed E-state index contributed by atoms with van der Waals surface area (Å²) in [5, 5.41) is 12.4. The summed E-state index contributed by atoms with van der Waals surface area (Å²) in [6, 6.07) is 14.5. The van der Waals surface area contributed by atoms with Crippen molar-refractivity contribution in [2.75, 3.05) is 31.1 Å². The third-order valence-electron chi connectivity index (χ3n) is 8.20. The molecule has 4 rings (SSSR count). The molecule has 0 atom stereocenters. The van der Waals surface area contributed by atoms with Gasteiger partial charge in [-0.1, -0.05) is 18.7 Å². The summed E-state index contributed by atoms with van der Waals surface area (Å²) in [7, 11) is 0. The molecule has 0 bridgehead atoms. The average molecular weight is 657 g/mol. The van der Waals surface area contributed by atoms with Crippen LogP contribution in [0.2, 0.25) is 0 Å². The van der Waals surface area contributed by atoms with Gasteiger partial charge in [0.15, 0.2) is 0 Å². The zero-order chi connectivity index (χ0) is 34.8. The fourth-order valence-corrected chi connectivity index (χ4v) is 5.77. The number of benzene rings is 2. The molecule has 0 unspecified atom stereocenters. The van der Waals surface area contributed by atoms with Gasteiger partial charge >= 0.3 is 5.97 Å². The van der Waals surface area contributed by atoms with E-state index >= 15 is 0 Å². The number of likely N-dealkylation sites (tertiary alicyclic amines) is 1. The van der Waals surface area contributed by atoms with Crippen LogP contribution < -0.4 is 10.2 Å². The number of halogens is 1. The molecular formula is C37H45FN6O4. The van der Waals surface area contributed by atoms with Gasteiger partial charge in [-0.3, -0.25) is 4.79 Å². The number of piperidine rings is 1. The molecule has 1 fully saturated rings. The number of anilines is 1. The molecule has 1 aliphatic rings. The van der Waals surface area contributed by atoms with Crippen LogP contribution >= 0.6 is 0 Å². The molecule has 254 valence electrons. The van der Waals surface area contributed by atoms with Crippen LogP contribution in [-0.2, 0) is 27.4 Å². The smallest absolute Gasteiger partial charge is 0.332 e. The van der Waals surface area contributed by atoms with Crippen molar-refractivity contribution >= 4 is 17.6 Å². The zero-order valence-corrected chi connectivity index (χ0v) is 28.5. The first-order valence-corrected chi connectivity index (χ1v) is 16.2. The summed E-state index contributed by atoms with van der Waals surface area (Å²) in [4.78, 5) is 37.4. The molecule has 0 saturated carbocycles. The minimum atomic E-state index is -0.573. The van der Waals surface area contributed by atoms with Crippen LogP contribution in [0.15, 0.2) is 61.1 Å². The molecule has 11 heteroatoms. The number of nitriles is 1. The Balaban J connectivity index is 1.38. The highest BCUT2D eigenvalue weighted by atomic mass is 19.1. The van der Waals surface area contributed by atoms with Gasteiger partial charge in [0.25, 0.3) is 5.91 Å². The first-order valence-electron chi connectivity index (χ1n) is 16.2. The zero-order valence-electron chi connectivity index (χ0n) is 28.5. The maximum Gasteiger partial charge on any atom is 0.332 e. The van der Waals surface area contributed by atoms with Gasteiger partial charge in [0.05, 0.1) is 35.2 Å². The van der Waals surface area contributed by atoms with Gasteiger partial charge in [-0.15, -0.1) is 0 Å². The van der Waals surface area contributed by atoms with Crippen molar-refractivity contribution in [2.24, 2.45) is 0 Å². The Bertz CT molecular complexity index is 1620. The lowest BCUT2D eigenvalue weighted by Crippen LogP contribution is -2.44. The second kappa shape index (κ2) is 16.3. The number of aromatic nitrogens is 2. The van der Waals surface area contributed by atoms with E-state index in [4.69, 9.17) is 9.47 Å². The number of esters is 1. The van der Waals surface area contributed by atoms with Crippen LogP contribution in [0.5, 0.6) is 0 Å². The van der Waals surface area contributed by atoms with E-state index in [9.17, 15) is 19.2 Å². The number of hydrogen-bond acceptors (Lipinski definition) is 9. The Labute approximate surface area is 282 Å². The van der Waals surface area contributed by atoms with Gasteiger partial charge in [-0.05, 0) is 83.4 Å². The molecule has 2 heterocycles. The Hall–Kier alpha value is -4.82. The number of carbonyl (C=O) groups excluding carboxylic acids is 2. The third kappa shape index (κ3) is 10.1. The summed E-state index contributed by atoms with van der Waals surface area (Å²) in [5.74, 6) is -0.967. The van der Waals surface area contributed by atoms with Crippen LogP contribution in [-0.4, -0.2) is 64.6 Å². The minimum Gasteiger partial charge on any atom is -0.458 e. The highest BCUT2D eigenvalue weighted by Crippen LogP contribution is 2.29. The summed E-state index contributed by atoms with van der Waals surface area (Å²) < 4.78 is 25.8. The standard InChI is InChI=1S/C37H45FN6O4/c1-25(13-16-40-36(46)35-26(2)41-24-42-27(35)3)43-17-14-32(15-18-43)44(21-30-19-29(20-39)9-12-33(30)38)31-10-7-28(8-11-31)22-47-23-34(45)48-37(4,5)6/h7-12,19,24,32H,1,13-18,21-23H2,2-6H3,(H,40,46). The van der Waals surface area contributed by atoms with Crippen LogP contribution in [0.4, 0.5) is 10.1 Å². The average Bonchev–Trinajstić information content (AvgIpc) is 3.04. The van der Waals surface area contributed by atoms with E-state index in [1.165, 1.54) is 18.5 Å². The number of nitrogens with one attached hydrogen (secondary N) is 1. The molecule has 1 N–H and O–H groups in total. The van der Waals surface area contributed by atoms with Crippen LogP contribution in [0, 0.1) is 31.0 Å². The first kappa shape index (κ1) is 36.0. The second-order valence-electron chi connectivity index (χ2n) is 13.0. The number of ether oxygens (including phenoxy) is 2. The van der Waals surface area contributed by atoms with Gasteiger partial charge in [0.2, 0.25) is 0 Å². The predicted molar refractivity (Wildman–Crippen MR) is 181 cm³/mol. The van der Waals surface area contributed by atoms with E-state index in [0.29, 0.717) is 47.6 Å². The quantitative estimate of drug-likeness (QED) is 0.229. The normalized spacial score (nSPS) is 13.5. The van der Waals surface area contributed by atoms with E-state index in [2.05, 4.69) is 37.7 Å². The van der Waals surface area contributed by atoms with E-state index in [0.717, 1.165) is 42.9 Å². The van der Waals surface area contributed by atoms with Crippen molar-refractivity contribution in [1.82, 2.24) is 20.2 Å². The van der Waals surface area contributed by atoms with Gasteiger partial charge in [0, 0.05) is 55.6 Å². The predicted octanol–water partition coefficient (Wildman–Crippen LogP) is 5.77. The lowest BCUT2D eigenvalue weighted by molar-refractivity contribution is -0.160. The summed E-state index contributed by atoms with van der Waals surface area (Å²) in [6.07, 6.45) is 3.68. The molecule has 2 aromatic carbocycles. The fourth-order valence-electron chi connectivity index (χ4n) is 5.77. The molecule has 3 aromatic rings. The van der Waals surface area contributed by atoms with E-state index in [1.807, 2.05) is 45.0 Å². The van der Waals surface area contributed by atoms with E-state index < -0.39 is 11.6 Å². The Morgan fingerprint density at radius 1 is 1.10 bits per heavy atom. The molecule has 0 spiro atoms. The maximum atomic E-state index is 15.0. The van der Waals surface area contributed by atoms with Crippen molar-refractivity contribution in [2.45, 2.75) is 78.7 Å². The van der Waals surface area contributed by atoms with Crippen LogP contribution in [0.1, 0.15) is 78.5 Å². The number of rotatable bonds is 13. The first-order chi connectivity index (χ1) is 22.8. The molecule has 48 heavy (non-hydrogen) atoms. The van der Waals surface area contributed by atoms with E-state index in [-0.39, 0.29) is 31.0 Å². The van der Waals surface area contributed by atoms with E-state index in [1.54, 1.807) is 19.9 Å². The third-order valence-corrected chi connectivity index (χ3v) is 8.20. The Morgan fingerprint density at radius 3 is 2.40 bits per heavy atom. The molecular weight excluding hydrogens is 611 g/mol. The number of aryl methyl sites for hydroxylation is 2. The van der Waals surface area contributed by atoms with Crippen molar-refractivity contribution in [3.05, 3.63) is 101 Å². The summed E-state index contributed by atoms with van der Waals surface area (Å²) in [5.41, 5.74) is 4.84. The lowest BCUT2D eigenvalue weighted by atomic mass is 9.99. The van der Waals surface area contributed by atoms with Crippen molar-refractivity contribution in [3.63, 3.8) is 0 Å². The SMILES string of the molecule is C=C(CCNC(=O)c1c(C)ncnc1C)N1CCC(N(Cc2cc(C#N)ccc2F)c2ccc(COCC(=O)OC(C)(C)C)cc2)CC1. The topological polar surface area (TPSA) is 121 Å². The molecule has 1 aromatic heterocycles. The minimum absolute atomic E-state index is 0.109. The van der Waals surface area contributed by atoms with Gasteiger partial charge < -0.3 is 24.6 Å². The van der Waals surface area contributed by atoms with Crippen molar-refractivity contribution in [1.29, 1.82) is 5.26 Å². The molecule has 1 amide bonds. The monoisotopic (exact) mass is 656 g/mol. The highest BCUT2D eigenvalue weighted by Gasteiger charge is 2.27. The number of carbonyl (C=O) groups is 2. The van der Waals surface area contributed by atoms with Crippen LogP contribution in [0.3, 0.4) is 0 Å². The molecule has 1 aliphatic heterocycles. The maximum absolute atomic E-state index is 15.0. The molecule has 10 nitrogen and oxygen atoms in total. The van der Waals surface area contributed by atoms with Gasteiger partial charge in [-0.25, -0.2) is 19.2 Å². The summed E-state index contributed by atoms with van der Waals surface area (Å²) in [6.45, 7) is 15.7. The number of nitrogens with zero attached hydrogens (tertiary/aromatic N) is 5. The molecule has 0 radical (unpaired) electrons. The molecule has 1 saturated heterocycles. The number of hydrogen-bond donors (Lipinski definition) is 1. The van der Waals surface area contributed by atoms with Crippen molar-refractivity contribution in [3.8, 4) is 6.07 Å². The van der Waals surface area contributed by atoms with Gasteiger partial charge in [0.1, 0.15) is 24.4 Å². The Kier molecular flexibility index (Phi) is 12.3. The van der Waals surface area contributed by atoms with Crippen LogP contribution in [0.25, 0.3) is 0 Å². The Morgan fingerprint density at radius 2 is 1.77 bits per heavy atom. The fraction of sp³-hybridized carbons (Fsp3) is 0.432.